The van der Waals surface area contributed by atoms with Crippen molar-refractivity contribution in [1.82, 2.24) is 10.3 Å². The lowest BCUT2D eigenvalue weighted by Crippen LogP contribution is -2.12. The molecule has 0 radical (unpaired) electrons. The monoisotopic (exact) mass is 248 g/mol. The first-order valence-electron chi connectivity index (χ1n) is 5.67. The summed E-state index contributed by atoms with van der Waals surface area (Å²) in [6.07, 6.45) is 1.68. The molecule has 5 nitrogen and oxygen atoms in total. The summed E-state index contributed by atoms with van der Waals surface area (Å²) in [5, 5.41) is 12.9. The van der Waals surface area contributed by atoms with Crippen LogP contribution in [0, 0.1) is 6.92 Å². The maximum Gasteiger partial charge on any atom is 0.208 e. The van der Waals surface area contributed by atoms with Crippen LogP contribution in [0.2, 0.25) is 0 Å². The molecule has 0 spiro atoms. The number of aromatic nitrogens is 1. The number of aromatic hydroxyl groups is 1. The van der Waals surface area contributed by atoms with Crippen molar-refractivity contribution in [2.24, 2.45) is 0 Å². The minimum atomic E-state index is 0.213. The second-order valence-electron chi connectivity index (χ2n) is 3.96. The number of phenols is 1. The van der Waals surface area contributed by atoms with Crippen LogP contribution in [0.25, 0.3) is 0 Å². The number of phenolic OH excluding ortho intramolecular Hbond substituents is 1. The van der Waals surface area contributed by atoms with Crippen LogP contribution in [0.1, 0.15) is 17.2 Å². The van der Waals surface area contributed by atoms with Crippen molar-refractivity contribution in [2.75, 3.05) is 7.11 Å². The van der Waals surface area contributed by atoms with Crippen molar-refractivity contribution >= 4 is 0 Å². The van der Waals surface area contributed by atoms with E-state index in [4.69, 9.17) is 9.15 Å². The van der Waals surface area contributed by atoms with Crippen molar-refractivity contribution in [1.29, 1.82) is 0 Å². The Kier molecular flexibility index (Phi) is 3.84. The molecule has 0 amide bonds. The predicted octanol–water partition coefficient (Wildman–Crippen LogP) is 1.99. The predicted molar refractivity (Wildman–Crippen MR) is 66.4 cm³/mol. The number of aryl methyl sites for hydroxylation is 1. The van der Waals surface area contributed by atoms with Crippen molar-refractivity contribution in [3.63, 3.8) is 0 Å². The highest BCUT2D eigenvalue weighted by molar-refractivity contribution is 5.39. The lowest BCUT2D eigenvalue weighted by atomic mass is 10.2. The summed E-state index contributed by atoms with van der Waals surface area (Å²) < 4.78 is 10.4. The average Bonchev–Trinajstić information content (AvgIpc) is 2.77. The second-order valence-corrected chi connectivity index (χ2v) is 3.96. The molecular formula is C13H16N2O3. The van der Waals surface area contributed by atoms with Gasteiger partial charge in [-0.3, -0.25) is 0 Å². The van der Waals surface area contributed by atoms with E-state index < -0.39 is 0 Å². The van der Waals surface area contributed by atoms with Gasteiger partial charge in [-0.25, -0.2) is 4.98 Å². The quantitative estimate of drug-likeness (QED) is 0.847. The normalized spacial score (nSPS) is 10.6. The van der Waals surface area contributed by atoms with E-state index in [1.54, 1.807) is 19.4 Å². The Morgan fingerprint density at radius 1 is 1.39 bits per heavy atom. The molecule has 1 aromatic carbocycles. The van der Waals surface area contributed by atoms with Crippen molar-refractivity contribution in [3.05, 3.63) is 41.6 Å². The van der Waals surface area contributed by atoms with Crippen molar-refractivity contribution < 1.29 is 14.3 Å². The first kappa shape index (κ1) is 12.4. The third-order valence-corrected chi connectivity index (χ3v) is 2.55. The third-order valence-electron chi connectivity index (χ3n) is 2.55. The number of ether oxygens (including phenoxy) is 1. The lowest BCUT2D eigenvalue weighted by molar-refractivity contribution is 0.405. The Labute approximate surface area is 105 Å². The molecule has 1 heterocycles. The van der Waals surface area contributed by atoms with E-state index in [1.807, 2.05) is 19.1 Å². The fraction of sp³-hybridized carbons (Fsp3) is 0.308. The molecule has 2 rings (SSSR count). The zero-order valence-corrected chi connectivity index (χ0v) is 10.4. The van der Waals surface area contributed by atoms with Gasteiger partial charge >= 0.3 is 0 Å². The molecule has 18 heavy (non-hydrogen) atoms. The largest absolute Gasteiger partial charge is 0.507 e. The SMILES string of the molecule is COc1ccc(CNCc2ncc(C)o2)c(O)c1. The molecule has 5 heteroatoms. The zero-order chi connectivity index (χ0) is 13.0. The number of methoxy groups -OCH3 is 1. The molecule has 0 saturated heterocycles. The molecule has 96 valence electrons. The maximum atomic E-state index is 9.76. The first-order chi connectivity index (χ1) is 8.69. The number of benzene rings is 1. The highest BCUT2D eigenvalue weighted by atomic mass is 16.5. The molecule has 0 aliphatic heterocycles. The lowest BCUT2D eigenvalue weighted by Gasteiger charge is -2.07. The number of hydrogen-bond acceptors (Lipinski definition) is 5. The van der Waals surface area contributed by atoms with E-state index in [0.29, 0.717) is 24.7 Å². The van der Waals surface area contributed by atoms with Gasteiger partial charge in [0, 0.05) is 18.2 Å². The fourth-order valence-corrected chi connectivity index (χ4v) is 1.61. The van der Waals surface area contributed by atoms with Crippen molar-refractivity contribution in [3.8, 4) is 11.5 Å². The number of hydrogen-bond donors (Lipinski definition) is 2. The van der Waals surface area contributed by atoms with E-state index >= 15 is 0 Å². The van der Waals surface area contributed by atoms with Crippen LogP contribution in [0.3, 0.4) is 0 Å². The van der Waals surface area contributed by atoms with Crippen LogP contribution in [0.4, 0.5) is 0 Å². The molecule has 1 aromatic heterocycles. The van der Waals surface area contributed by atoms with E-state index in [2.05, 4.69) is 10.3 Å². The van der Waals surface area contributed by atoms with Gasteiger partial charge in [-0.05, 0) is 13.0 Å². The van der Waals surface area contributed by atoms with Gasteiger partial charge in [0.15, 0.2) is 0 Å². The summed E-state index contributed by atoms with van der Waals surface area (Å²) in [5.41, 5.74) is 0.805. The van der Waals surface area contributed by atoms with E-state index in [9.17, 15) is 5.11 Å². The molecule has 0 aliphatic carbocycles. The Hall–Kier alpha value is -2.01. The fourth-order valence-electron chi connectivity index (χ4n) is 1.61. The van der Waals surface area contributed by atoms with Crippen LogP contribution in [0.15, 0.2) is 28.8 Å². The van der Waals surface area contributed by atoms with Gasteiger partial charge < -0.3 is 19.6 Å². The zero-order valence-electron chi connectivity index (χ0n) is 10.4. The number of rotatable bonds is 5. The van der Waals surface area contributed by atoms with Gasteiger partial charge in [0.05, 0.1) is 19.9 Å². The Morgan fingerprint density at radius 2 is 2.22 bits per heavy atom. The molecule has 0 unspecified atom stereocenters. The topological polar surface area (TPSA) is 67.5 Å². The molecule has 0 aliphatic rings. The second kappa shape index (κ2) is 5.55. The Morgan fingerprint density at radius 3 is 2.83 bits per heavy atom. The third kappa shape index (κ3) is 3.01. The van der Waals surface area contributed by atoms with Crippen LogP contribution in [0.5, 0.6) is 11.5 Å². The summed E-state index contributed by atoms with van der Waals surface area (Å²) in [5.74, 6) is 2.28. The highest BCUT2D eigenvalue weighted by Gasteiger charge is 2.04. The van der Waals surface area contributed by atoms with Crippen LogP contribution in [-0.2, 0) is 13.1 Å². The summed E-state index contributed by atoms with van der Waals surface area (Å²) >= 11 is 0. The van der Waals surface area contributed by atoms with Gasteiger partial charge in [-0.1, -0.05) is 6.07 Å². The summed E-state index contributed by atoms with van der Waals surface area (Å²) in [7, 11) is 1.57. The van der Waals surface area contributed by atoms with Gasteiger partial charge in [-0.2, -0.15) is 0 Å². The van der Waals surface area contributed by atoms with Gasteiger partial charge in [0.1, 0.15) is 17.3 Å². The maximum absolute atomic E-state index is 9.76. The minimum Gasteiger partial charge on any atom is -0.507 e. The minimum absolute atomic E-state index is 0.213. The smallest absolute Gasteiger partial charge is 0.208 e. The van der Waals surface area contributed by atoms with Crippen LogP contribution >= 0.6 is 0 Å². The molecule has 0 saturated carbocycles. The van der Waals surface area contributed by atoms with Crippen LogP contribution < -0.4 is 10.1 Å². The van der Waals surface area contributed by atoms with E-state index in [1.165, 1.54) is 0 Å². The summed E-state index contributed by atoms with van der Waals surface area (Å²) in [6.45, 7) is 2.92. The molecule has 0 atom stereocenters. The van der Waals surface area contributed by atoms with E-state index in [0.717, 1.165) is 11.3 Å². The average molecular weight is 248 g/mol. The van der Waals surface area contributed by atoms with E-state index in [-0.39, 0.29) is 5.75 Å². The van der Waals surface area contributed by atoms with Gasteiger partial charge in [0.2, 0.25) is 5.89 Å². The van der Waals surface area contributed by atoms with Gasteiger partial charge in [-0.15, -0.1) is 0 Å². The molecule has 2 aromatic rings. The highest BCUT2D eigenvalue weighted by Crippen LogP contribution is 2.23. The van der Waals surface area contributed by atoms with Crippen LogP contribution in [-0.4, -0.2) is 17.2 Å². The molecule has 0 fully saturated rings. The standard InChI is InChI=1S/C13H16N2O3/c1-9-6-15-13(18-9)8-14-7-10-3-4-11(17-2)5-12(10)16/h3-6,14,16H,7-8H2,1-2H3. The van der Waals surface area contributed by atoms with Crippen molar-refractivity contribution in [2.45, 2.75) is 20.0 Å². The molecule has 2 N–H and O–H groups in total. The Balaban J connectivity index is 1.90. The number of nitrogens with one attached hydrogen (secondary N) is 1. The molecular weight excluding hydrogens is 232 g/mol. The first-order valence-corrected chi connectivity index (χ1v) is 5.67. The Bertz CT molecular complexity index is 523. The molecule has 0 bridgehead atoms. The summed E-state index contributed by atoms with van der Waals surface area (Å²) in [4.78, 5) is 4.09. The summed E-state index contributed by atoms with van der Waals surface area (Å²) in [6, 6.07) is 5.22. The number of oxazole rings is 1. The van der Waals surface area contributed by atoms with Gasteiger partial charge in [0.25, 0.3) is 0 Å². The number of nitrogens with zero attached hydrogens (tertiary/aromatic N) is 1.